The van der Waals surface area contributed by atoms with E-state index in [2.05, 4.69) is 32.0 Å². The maximum Gasteiger partial charge on any atom is 0.0616 e. The van der Waals surface area contributed by atoms with Gasteiger partial charge in [0.2, 0.25) is 0 Å². The fourth-order valence-electron chi connectivity index (χ4n) is 1.92. The SMILES string of the molecule is CCc1cccc(C)c1CC(N)COC. The lowest BCUT2D eigenvalue weighted by Crippen LogP contribution is -2.28. The molecule has 0 aliphatic carbocycles. The van der Waals surface area contributed by atoms with Crippen LogP contribution in [0.4, 0.5) is 0 Å². The fourth-order valence-corrected chi connectivity index (χ4v) is 1.92. The Bertz CT molecular complexity index is 309. The van der Waals surface area contributed by atoms with Crippen LogP contribution in [0.15, 0.2) is 18.2 Å². The number of nitrogens with two attached hydrogens (primary N) is 1. The van der Waals surface area contributed by atoms with Crippen molar-refractivity contribution in [2.24, 2.45) is 5.73 Å². The lowest BCUT2D eigenvalue weighted by atomic mass is 9.95. The van der Waals surface area contributed by atoms with Gasteiger partial charge in [-0.15, -0.1) is 0 Å². The molecular formula is C13H21NO. The predicted octanol–water partition coefficient (Wildman–Crippen LogP) is 2.07. The van der Waals surface area contributed by atoms with Gasteiger partial charge < -0.3 is 10.5 Å². The van der Waals surface area contributed by atoms with Crippen LogP contribution < -0.4 is 5.73 Å². The third kappa shape index (κ3) is 3.33. The zero-order chi connectivity index (χ0) is 11.3. The van der Waals surface area contributed by atoms with E-state index in [1.807, 2.05) is 0 Å². The zero-order valence-electron chi connectivity index (χ0n) is 9.92. The molecule has 1 rings (SSSR count). The summed E-state index contributed by atoms with van der Waals surface area (Å²) in [6.07, 6.45) is 1.97. The van der Waals surface area contributed by atoms with Gasteiger partial charge in [-0.05, 0) is 36.5 Å². The van der Waals surface area contributed by atoms with Gasteiger partial charge in [0.15, 0.2) is 0 Å². The summed E-state index contributed by atoms with van der Waals surface area (Å²) in [4.78, 5) is 0. The van der Waals surface area contributed by atoms with Gasteiger partial charge in [0.1, 0.15) is 0 Å². The quantitative estimate of drug-likeness (QED) is 0.802. The van der Waals surface area contributed by atoms with Crippen molar-refractivity contribution in [2.75, 3.05) is 13.7 Å². The second-order valence-corrected chi connectivity index (χ2v) is 3.99. The summed E-state index contributed by atoms with van der Waals surface area (Å²) < 4.78 is 5.06. The van der Waals surface area contributed by atoms with Gasteiger partial charge in [-0.2, -0.15) is 0 Å². The summed E-state index contributed by atoms with van der Waals surface area (Å²) in [5.74, 6) is 0. The van der Waals surface area contributed by atoms with Gasteiger partial charge in [-0.3, -0.25) is 0 Å². The first-order chi connectivity index (χ1) is 7.19. The van der Waals surface area contributed by atoms with E-state index in [0.717, 1.165) is 12.8 Å². The molecule has 0 radical (unpaired) electrons. The number of rotatable bonds is 5. The molecular weight excluding hydrogens is 186 g/mol. The second kappa shape index (κ2) is 5.89. The number of aryl methyl sites for hydroxylation is 2. The minimum Gasteiger partial charge on any atom is -0.383 e. The third-order valence-corrected chi connectivity index (χ3v) is 2.74. The lowest BCUT2D eigenvalue weighted by molar-refractivity contribution is 0.180. The lowest BCUT2D eigenvalue weighted by Gasteiger charge is -2.15. The van der Waals surface area contributed by atoms with Crippen LogP contribution in [0, 0.1) is 6.92 Å². The Morgan fingerprint density at radius 3 is 2.73 bits per heavy atom. The Balaban J connectivity index is 2.82. The maximum atomic E-state index is 5.98. The average Bonchev–Trinajstić information content (AvgIpc) is 2.21. The first kappa shape index (κ1) is 12.2. The van der Waals surface area contributed by atoms with E-state index in [1.54, 1.807) is 7.11 Å². The Hall–Kier alpha value is -0.860. The van der Waals surface area contributed by atoms with Crippen molar-refractivity contribution in [3.63, 3.8) is 0 Å². The monoisotopic (exact) mass is 207 g/mol. The van der Waals surface area contributed by atoms with Crippen LogP contribution in [0.25, 0.3) is 0 Å². The highest BCUT2D eigenvalue weighted by Gasteiger charge is 2.09. The van der Waals surface area contributed by atoms with Crippen molar-refractivity contribution in [3.05, 3.63) is 34.9 Å². The Kier molecular flexibility index (Phi) is 4.79. The van der Waals surface area contributed by atoms with E-state index in [1.165, 1.54) is 16.7 Å². The van der Waals surface area contributed by atoms with E-state index >= 15 is 0 Å². The number of ether oxygens (including phenoxy) is 1. The van der Waals surface area contributed by atoms with Gasteiger partial charge in [-0.1, -0.05) is 25.1 Å². The van der Waals surface area contributed by atoms with Crippen LogP contribution in [0.5, 0.6) is 0 Å². The largest absolute Gasteiger partial charge is 0.383 e. The van der Waals surface area contributed by atoms with Crippen LogP contribution in [0.1, 0.15) is 23.6 Å². The summed E-state index contributed by atoms with van der Waals surface area (Å²) in [7, 11) is 1.69. The van der Waals surface area contributed by atoms with Crippen molar-refractivity contribution >= 4 is 0 Å². The topological polar surface area (TPSA) is 35.2 Å². The Morgan fingerprint density at radius 2 is 2.13 bits per heavy atom. The van der Waals surface area contributed by atoms with E-state index in [-0.39, 0.29) is 6.04 Å². The van der Waals surface area contributed by atoms with Crippen molar-refractivity contribution in [3.8, 4) is 0 Å². The molecule has 0 aromatic heterocycles. The molecule has 2 nitrogen and oxygen atoms in total. The third-order valence-electron chi connectivity index (χ3n) is 2.74. The van der Waals surface area contributed by atoms with Crippen LogP contribution in [0.3, 0.4) is 0 Å². The van der Waals surface area contributed by atoms with Gasteiger partial charge in [0.25, 0.3) is 0 Å². The Morgan fingerprint density at radius 1 is 1.40 bits per heavy atom. The molecule has 84 valence electrons. The summed E-state index contributed by atoms with van der Waals surface area (Å²) in [5, 5.41) is 0. The fraction of sp³-hybridized carbons (Fsp3) is 0.538. The molecule has 0 aliphatic rings. The number of hydrogen-bond donors (Lipinski definition) is 1. The number of benzene rings is 1. The molecule has 0 saturated heterocycles. The zero-order valence-corrected chi connectivity index (χ0v) is 9.92. The smallest absolute Gasteiger partial charge is 0.0616 e. The molecule has 0 fully saturated rings. The van der Waals surface area contributed by atoms with Crippen LogP contribution in [-0.2, 0) is 17.6 Å². The maximum absolute atomic E-state index is 5.98. The highest BCUT2D eigenvalue weighted by atomic mass is 16.5. The first-order valence-electron chi connectivity index (χ1n) is 5.50. The summed E-state index contributed by atoms with van der Waals surface area (Å²) in [6, 6.07) is 6.54. The molecule has 0 saturated carbocycles. The van der Waals surface area contributed by atoms with Crippen LogP contribution in [-0.4, -0.2) is 19.8 Å². The van der Waals surface area contributed by atoms with Crippen molar-refractivity contribution in [1.29, 1.82) is 0 Å². The van der Waals surface area contributed by atoms with Gasteiger partial charge in [0.05, 0.1) is 6.61 Å². The second-order valence-electron chi connectivity index (χ2n) is 3.99. The first-order valence-corrected chi connectivity index (χ1v) is 5.50. The molecule has 2 heteroatoms. The van der Waals surface area contributed by atoms with Crippen molar-refractivity contribution in [2.45, 2.75) is 32.7 Å². The molecule has 0 bridgehead atoms. The molecule has 1 atom stereocenters. The van der Waals surface area contributed by atoms with E-state index in [0.29, 0.717) is 6.61 Å². The van der Waals surface area contributed by atoms with Crippen LogP contribution >= 0.6 is 0 Å². The molecule has 0 heterocycles. The van der Waals surface area contributed by atoms with E-state index in [9.17, 15) is 0 Å². The van der Waals surface area contributed by atoms with Crippen molar-refractivity contribution < 1.29 is 4.74 Å². The summed E-state index contributed by atoms with van der Waals surface area (Å²) >= 11 is 0. The standard InChI is InChI=1S/C13H21NO/c1-4-11-7-5-6-10(2)13(11)8-12(14)9-15-3/h5-7,12H,4,8-9,14H2,1-3H3. The molecule has 0 aliphatic heterocycles. The molecule has 0 amide bonds. The highest BCUT2D eigenvalue weighted by molar-refractivity contribution is 5.35. The van der Waals surface area contributed by atoms with Crippen LogP contribution in [0.2, 0.25) is 0 Å². The molecule has 2 N–H and O–H groups in total. The minimum atomic E-state index is 0.0985. The van der Waals surface area contributed by atoms with E-state index in [4.69, 9.17) is 10.5 Å². The highest BCUT2D eigenvalue weighted by Crippen LogP contribution is 2.16. The van der Waals surface area contributed by atoms with Gasteiger partial charge >= 0.3 is 0 Å². The summed E-state index contributed by atoms with van der Waals surface area (Å²) in [5.41, 5.74) is 10.1. The summed E-state index contributed by atoms with van der Waals surface area (Å²) in [6.45, 7) is 4.95. The molecule has 1 aromatic rings. The normalized spacial score (nSPS) is 12.8. The molecule has 1 unspecified atom stereocenters. The molecule has 15 heavy (non-hydrogen) atoms. The minimum absolute atomic E-state index is 0.0985. The molecule has 0 spiro atoms. The van der Waals surface area contributed by atoms with Gasteiger partial charge in [0, 0.05) is 13.2 Å². The molecule has 1 aromatic carbocycles. The Labute approximate surface area is 92.4 Å². The predicted molar refractivity (Wildman–Crippen MR) is 64.1 cm³/mol. The number of hydrogen-bond acceptors (Lipinski definition) is 2. The van der Waals surface area contributed by atoms with Crippen molar-refractivity contribution in [1.82, 2.24) is 0 Å². The van der Waals surface area contributed by atoms with Gasteiger partial charge in [-0.25, -0.2) is 0 Å². The van der Waals surface area contributed by atoms with E-state index < -0.39 is 0 Å². The number of methoxy groups -OCH3 is 1. The average molecular weight is 207 g/mol.